The minimum absolute atomic E-state index is 0.239. The molecule has 0 bridgehead atoms. The summed E-state index contributed by atoms with van der Waals surface area (Å²) in [5.41, 5.74) is 3.03. The lowest BCUT2D eigenvalue weighted by molar-refractivity contribution is 0.102. The number of carbonyl (C=O) groups is 1. The number of rotatable bonds is 5. The number of benzene rings is 2. The maximum atomic E-state index is 12.4. The molecule has 0 atom stereocenters. The third-order valence-corrected chi connectivity index (χ3v) is 3.98. The molecule has 1 amide bonds. The molecule has 0 fully saturated rings. The van der Waals surface area contributed by atoms with Crippen LogP contribution in [0.15, 0.2) is 54.7 Å². The van der Waals surface area contributed by atoms with E-state index in [1.54, 1.807) is 24.3 Å². The van der Waals surface area contributed by atoms with Crippen LogP contribution in [0, 0.1) is 6.92 Å². The molecule has 26 heavy (non-hydrogen) atoms. The van der Waals surface area contributed by atoms with Crippen molar-refractivity contribution in [2.45, 2.75) is 13.5 Å². The molecule has 132 valence electrons. The summed E-state index contributed by atoms with van der Waals surface area (Å²) in [7, 11) is 0. The fourth-order valence-electron chi connectivity index (χ4n) is 2.39. The van der Waals surface area contributed by atoms with Crippen molar-refractivity contribution >= 4 is 40.7 Å². The summed E-state index contributed by atoms with van der Waals surface area (Å²) in [4.78, 5) is 20.8. The predicted octanol–water partition coefficient (Wildman–Crippen LogP) is 4.96. The Bertz CT molecular complexity index is 926. The van der Waals surface area contributed by atoms with Crippen molar-refractivity contribution in [3.8, 4) is 0 Å². The minimum Gasteiger partial charge on any atom is -0.350 e. The predicted molar refractivity (Wildman–Crippen MR) is 105 cm³/mol. The van der Waals surface area contributed by atoms with Gasteiger partial charge in [-0.05, 0) is 36.8 Å². The van der Waals surface area contributed by atoms with Crippen molar-refractivity contribution in [2.24, 2.45) is 0 Å². The normalized spacial score (nSPS) is 10.4. The van der Waals surface area contributed by atoms with Gasteiger partial charge in [0.25, 0.3) is 5.91 Å². The number of hydrogen-bond donors (Lipinski definition) is 2. The SMILES string of the molecule is Cc1cccc(CNc2nccc(C(=O)Nc3cc(Cl)cc(Cl)c3)n2)c1. The smallest absolute Gasteiger partial charge is 0.274 e. The van der Waals surface area contributed by atoms with Crippen LogP contribution in [-0.2, 0) is 6.54 Å². The molecule has 3 aromatic rings. The number of halogens is 2. The Morgan fingerprint density at radius 2 is 1.85 bits per heavy atom. The monoisotopic (exact) mass is 386 g/mol. The molecular weight excluding hydrogens is 371 g/mol. The van der Waals surface area contributed by atoms with E-state index in [1.165, 1.54) is 11.8 Å². The fraction of sp³-hybridized carbons (Fsp3) is 0.105. The second-order valence-electron chi connectivity index (χ2n) is 5.72. The summed E-state index contributed by atoms with van der Waals surface area (Å²) in [5, 5.41) is 6.73. The Labute approximate surface area is 161 Å². The van der Waals surface area contributed by atoms with Crippen LogP contribution in [0.5, 0.6) is 0 Å². The van der Waals surface area contributed by atoms with E-state index in [4.69, 9.17) is 23.2 Å². The molecule has 2 aromatic carbocycles. The Morgan fingerprint density at radius 1 is 1.08 bits per heavy atom. The highest BCUT2D eigenvalue weighted by atomic mass is 35.5. The molecule has 2 N–H and O–H groups in total. The van der Waals surface area contributed by atoms with Crippen molar-refractivity contribution in [3.63, 3.8) is 0 Å². The Morgan fingerprint density at radius 3 is 2.58 bits per heavy atom. The van der Waals surface area contributed by atoms with Crippen LogP contribution < -0.4 is 10.6 Å². The zero-order chi connectivity index (χ0) is 18.5. The highest BCUT2D eigenvalue weighted by molar-refractivity contribution is 6.35. The molecule has 0 radical (unpaired) electrons. The largest absolute Gasteiger partial charge is 0.350 e. The first-order chi connectivity index (χ1) is 12.5. The van der Waals surface area contributed by atoms with Gasteiger partial charge in [-0.2, -0.15) is 0 Å². The highest BCUT2D eigenvalue weighted by Crippen LogP contribution is 2.22. The van der Waals surface area contributed by atoms with E-state index in [0.29, 0.717) is 28.2 Å². The molecule has 0 saturated carbocycles. The third-order valence-electron chi connectivity index (χ3n) is 3.54. The molecule has 0 unspecified atom stereocenters. The van der Waals surface area contributed by atoms with Gasteiger partial charge in [0.2, 0.25) is 5.95 Å². The quantitative estimate of drug-likeness (QED) is 0.650. The second-order valence-corrected chi connectivity index (χ2v) is 6.59. The van der Waals surface area contributed by atoms with E-state index in [1.807, 2.05) is 25.1 Å². The van der Waals surface area contributed by atoms with Crippen molar-refractivity contribution in [1.82, 2.24) is 9.97 Å². The Hall–Kier alpha value is -2.63. The molecule has 3 rings (SSSR count). The standard InChI is InChI=1S/C19H16Cl2N4O/c1-12-3-2-4-13(7-12)11-23-19-22-6-5-17(25-19)18(26)24-16-9-14(20)8-15(21)10-16/h2-10H,11H2,1H3,(H,24,26)(H,22,23,25). The molecule has 0 saturated heterocycles. The van der Waals surface area contributed by atoms with Gasteiger partial charge in [0.15, 0.2) is 0 Å². The summed E-state index contributed by atoms with van der Waals surface area (Å²) >= 11 is 11.9. The lowest BCUT2D eigenvalue weighted by Gasteiger charge is -2.08. The lowest BCUT2D eigenvalue weighted by atomic mass is 10.1. The van der Waals surface area contributed by atoms with Crippen LogP contribution in [0.2, 0.25) is 10.0 Å². The van der Waals surface area contributed by atoms with Gasteiger partial charge in [0.05, 0.1) is 0 Å². The summed E-state index contributed by atoms with van der Waals surface area (Å²) in [6.45, 7) is 2.60. The number of aryl methyl sites for hydroxylation is 1. The summed E-state index contributed by atoms with van der Waals surface area (Å²) in [6, 6.07) is 14.5. The van der Waals surface area contributed by atoms with Gasteiger partial charge >= 0.3 is 0 Å². The van der Waals surface area contributed by atoms with Crippen LogP contribution in [0.3, 0.4) is 0 Å². The van der Waals surface area contributed by atoms with Crippen LogP contribution in [0.1, 0.15) is 21.6 Å². The van der Waals surface area contributed by atoms with Crippen LogP contribution >= 0.6 is 23.2 Å². The van der Waals surface area contributed by atoms with Crippen molar-refractivity contribution in [3.05, 3.63) is 81.6 Å². The van der Waals surface area contributed by atoms with E-state index in [9.17, 15) is 4.79 Å². The summed E-state index contributed by atoms with van der Waals surface area (Å²) < 4.78 is 0. The molecule has 0 aliphatic rings. The topological polar surface area (TPSA) is 66.9 Å². The van der Waals surface area contributed by atoms with E-state index in [2.05, 4.69) is 26.7 Å². The highest BCUT2D eigenvalue weighted by Gasteiger charge is 2.10. The number of aromatic nitrogens is 2. The van der Waals surface area contributed by atoms with Gasteiger partial charge < -0.3 is 10.6 Å². The average molecular weight is 387 g/mol. The third kappa shape index (κ3) is 4.94. The molecule has 0 spiro atoms. The number of anilines is 2. The molecule has 0 aliphatic heterocycles. The summed E-state index contributed by atoms with van der Waals surface area (Å²) in [6.07, 6.45) is 1.53. The number of amides is 1. The number of nitrogens with one attached hydrogen (secondary N) is 2. The molecular formula is C19H16Cl2N4O. The van der Waals surface area contributed by atoms with Crippen LogP contribution in [-0.4, -0.2) is 15.9 Å². The van der Waals surface area contributed by atoms with E-state index in [-0.39, 0.29) is 11.6 Å². The first kappa shape index (κ1) is 18.2. The number of hydrogen-bond acceptors (Lipinski definition) is 4. The molecule has 1 aromatic heterocycles. The molecule has 0 aliphatic carbocycles. The molecule has 5 nitrogen and oxygen atoms in total. The van der Waals surface area contributed by atoms with Crippen LogP contribution in [0.25, 0.3) is 0 Å². The average Bonchev–Trinajstić information content (AvgIpc) is 2.59. The molecule has 1 heterocycles. The van der Waals surface area contributed by atoms with E-state index in [0.717, 1.165) is 5.56 Å². The van der Waals surface area contributed by atoms with Crippen molar-refractivity contribution in [2.75, 3.05) is 10.6 Å². The van der Waals surface area contributed by atoms with E-state index >= 15 is 0 Å². The Balaban J connectivity index is 1.69. The first-order valence-corrected chi connectivity index (χ1v) is 8.65. The van der Waals surface area contributed by atoms with Crippen LogP contribution in [0.4, 0.5) is 11.6 Å². The first-order valence-electron chi connectivity index (χ1n) is 7.89. The van der Waals surface area contributed by atoms with Gasteiger partial charge in [-0.15, -0.1) is 0 Å². The second kappa shape index (κ2) is 8.17. The molecule has 7 heteroatoms. The maximum Gasteiger partial charge on any atom is 0.274 e. The Kier molecular flexibility index (Phi) is 5.71. The fourth-order valence-corrected chi connectivity index (χ4v) is 2.92. The van der Waals surface area contributed by atoms with Gasteiger partial charge in [0, 0.05) is 28.5 Å². The van der Waals surface area contributed by atoms with Gasteiger partial charge in [-0.3, -0.25) is 4.79 Å². The van der Waals surface area contributed by atoms with E-state index < -0.39 is 0 Å². The van der Waals surface area contributed by atoms with Crippen molar-refractivity contribution in [1.29, 1.82) is 0 Å². The maximum absolute atomic E-state index is 12.4. The minimum atomic E-state index is -0.371. The zero-order valence-corrected chi connectivity index (χ0v) is 15.5. The van der Waals surface area contributed by atoms with Crippen molar-refractivity contribution < 1.29 is 4.79 Å². The van der Waals surface area contributed by atoms with Gasteiger partial charge in [0.1, 0.15) is 5.69 Å². The number of carbonyl (C=O) groups excluding carboxylic acids is 1. The number of nitrogens with zero attached hydrogens (tertiary/aromatic N) is 2. The summed E-state index contributed by atoms with van der Waals surface area (Å²) in [5.74, 6) is 0.00706. The lowest BCUT2D eigenvalue weighted by Crippen LogP contribution is -2.15. The van der Waals surface area contributed by atoms with Gasteiger partial charge in [-0.1, -0.05) is 53.0 Å². The zero-order valence-electron chi connectivity index (χ0n) is 14.0. The van der Waals surface area contributed by atoms with Gasteiger partial charge in [-0.25, -0.2) is 9.97 Å².